The van der Waals surface area contributed by atoms with Gasteiger partial charge in [-0.05, 0) is 34.7 Å². The van der Waals surface area contributed by atoms with E-state index in [1.807, 2.05) is 71.9 Å². The van der Waals surface area contributed by atoms with Crippen LogP contribution in [-0.2, 0) is 22.7 Å². The molecule has 6 nitrogen and oxygen atoms in total. The van der Waals surface area contributed by atoms with Gasteiger partial charge in [0.1, 0.15) is 5.70 Å². The molecule has 0 saturated heterocycles. The quantitative estimate of drug-likeness (QED) is 0.553. The van der Waals surface area contributed by atoms with E-state index in [-0.39, 0.29) is 25.2 Å². The SMILES string of the molecule is CN(Cc1ccccc1)C1=C(c2cccs2)C(=O)N(Cc2ccc3c(c2)OCO3)C1=O. The van der Waals surface area contributed by atoms with Crippen LogP contribution in [0.15, 0.2) is 71.7 Å². The van der Waals surface area contributed by atoms with Gasteiger partial charge in [0, 0.05) is 18.5 Å². The minimum atomic E-state index is -0.288. The van der Waals surface area contributed by atoms with E-state index in [4.69, 9.17) is 9.47 Å². The number of carbonyl (C=O) groups excluding carboxylic acids is 2. The van der Waals surface area contributed by atoms with Crippen LogP contribution >= 0.6 is 11.3 Å². The Morgan fingerprint density at radius 3 is 2.52 bits per heavy atom. The number of rotatable bonds is 6. The molecular weight excluding hydrogens is 412 g/mol. The molecule has 0 fully saturated rings. The second-order valence-corrected chi connectivity index (χ2v) is 8.37. The van der Waals surface area contributed by atoms with Crippen LogP contribution in [0.4, 0.5) is 0 Å². The molecule has 156 valence electrons. The maximum absolute atomic E-state index is 13.4. The zero-order valence-electron chi connectivity index (χ0n) is 16.9. The normalized spacial score (nSPS) is 15.2. The van der Waals surface area contributed by atoms with Crippen molar-refractivity contribution in [2.24, 2.45) is 0 Å². The summed E-state index contributed by atoms with van der Waals surface area (Å²) >= 11 is 1.46. The lowest BCUT2D eigenvalue weighted by atomic mass is 10.1. The molecular formula is C24H20N2O4S. The van der Waals surface area contributed by atoms with Crippen LogP contribution in [0.25, 0.3) is 5.57 Å². The molecule has 2 aliphatic rings. The maximum atomic E-state index is 13.4. The number of likely N-dealkylation sites (N-methyl/N-ethyl adjacent to an activating group) is 1. The Balaban J connectivity index is 1.47. The second kappa shape index (κ2) is 7.92. The molecule has 0 radical (unpaired) electrons. The van der Waals surface area contributed by atoms with Gasteiger partial charge in [-0.3, -0.25) is 14.5 Å². The number of amides is 2. The third-order valence-electron chi connectivity index (χ3n) is 5.33. The Bertz CT molecular complexity index is 1170. The molecule has 0 bridgehead atoms. The molecule has 31 heavy (non-hydrogen) atoms. The van der Waals surface area contributed by atoms with Crippen molar-refractivity contribution in [1.29, 1.82) is 0 Å². The highest BCUT2D eigenvalue weighted by atomic mass is 32.1. The number of fused-ring (bicyclic) bond motifs is 1. The van der Waals surface area contributed by atoms with Crippen LogP contribution < -0.4 is 9.47 Å². The Morgan fingerprint density at radius 2 is 1.74 bits per heavy atom. The zero-order chi connectivity index (χ0) is 21.4. The number of hydrogen-bond donors (Lipinski definition) is 0. The lowest BCUT2D eigenvalue weighted by molar-refractivity contribution is -0.138. The fourth-order valence-electron chi connectivity index (χ4n) is 3.86. The molecule has 7 heteroatoms. The van der Waals surface area contributed by atoms with Crippen molar-refractivity contribution < 1.29 is 19.1 Å². The molecule has 1 aromatic heterocycles. The molecule has 0 aliphatic carbocycles. The van der Waals surface area contributed by atoms with Crippen molar-refractivity contribution in [3.63, 3.8) is 0 Å². The summed E-state index contributed by atoms with van der Waals surface area (Å²) in [5, 5.41) is 1.91. The summed E-state index contributed by atoms with van der Waals surface area (Å²) in [4.78, 5) is 30.8. The predicted molar refractivity (Wildman–Crippen MR) is 117 cm³/mol. The van der Waals surface area contributed by atoms with Crippen molar-refractivity contribution in [1.82, 2.24) is 9.80 Å². The third kappa shape index (κ3) is 3.57. The lowest BCUT2D eigenvalue weighted by Crippen LogP contribution is -2.33. The van der Waals surface area contributed by atoms with E-state index in [2.05, 4.69) is 0 Å². The van der Waals surface area contributed by atoms with E-state index in [0.29, 0.717) is 29.3 Å². The smallest absolute Gasteiger partial charge is 0.278 e. The predicted octanol–water partition coefficient (Wildman–Crippen LogP) is 3.89. The van der Waals surface area contributed by atoms with Gasteiger partial charge in [0.05, 0.1) is 12.1 Å². The summed E-state index contributed by atoms with van der Waals surface area (Å²) in [6, 6.07) is 19.1. The molecule has 0 spiro atoms. The molecule has 3 heterocycles. The first-order chi connectivity index (χ1) is 15.1. The highest BCUT2D eigenvalue weighted by Crippen LogP contribution is 2.36. The largest absolute Gasteiger partial charge is 0.454 e. The maximum Gasteiger partial charge on any atom is 0.278 e. The molecule has 0 unspecified atom stereocenters. The number of carbonyl (C=O) groups is 2. The van der Waals surface area contributed by atoms with Gasteiger partial charge in [-0.1, -0.05) is 42.5 Å². The van der Waals surface area contributed by atoms with Crippen molar-refractivity contribution >= 4 is 28.7 Å². The fraction of sp³-hybridized carbons (Fsp3) is 0.167. The van der Waals surface area contributed by atoms with Gasteiger partial charge in [-0.15, -0.1) is 11.3 Å². The average Bonchev–Trinajstić information content (AvgIpc) is 3.50. The fourth-order valence-corrected chi connectivity index (χ4v) is 4.62. The van der Waals surface area contributed by atoms with Gasteiger partial charge in [0.15, 0.2) is 11.5 Å². The molecule has 0 atom stereocenters. The van der Waals surface area contributed by atoms with Crippen LogP contribution in [-0.4, -0.2) is 35.5 Å². The van der Waals surface area contributed by atoms with Gasteiger partial charge in [-0.2, -0.15) is 0 Å². The molecule has 0 N–H and O–H groups in total. The van der Waals surface area contributed by atoms with Crippen molar-refractivity contribution in [2.45, 2.75) is 13.1 Å². The van der Waals surface area contributed by atoms with E-state index in [0.717, 1.165) is 16.0 Å². The summed E-state index contributed by atoms with van der Waals surface area (Å²) in [5.41, 5.74) is 2.76. The van der Waals surface area contributed by atoms with E-state index >= 15 is 0 Å². The molecule has 2 aromatic carbocycles. The molecule has 0 saturated carbocycles. The minimum absolute atomic E-state index is 0.172. The van der Waals surface area contributed by atoms with Gasteiger partial charge in [0.2, 0.25) is 6.79 Å². The summed E-state index contributed by atoms with van der Waals surface area (Å²) < 4.78 is 10.8. The third-order valence-corrected chi connectivity index (χ3v) is 6.22. The first-order valence-corrected chi connectivity index (χ1v) is 10.8. The first kappa shape index (κ1) is 19.4. The number of thiophene rings is 1. The first-order valence-electron chi connectivity index (χ1n) is 9.90. The van der Waals surface area contributed by atoms with Crippen molar-refractivity contribution in [3.05, 3.63) is 87.7 Å². The van der Waals surface area contributed by atoms with Gasteiger partial charge in [-0.25, -0.2) is 0 Å². The van der Waals surface area contributed by atoms with E-state index in [1.165, 1.54) is 16.2 Å². The minimum Gasteiger partial charge on any atom is -0.454 e. The highest BCUT2D eigenvalue weighted by Gasteiger charge is 2.41. The number of ether oxygens (including phenoxy) is 2. The van der Waals surface area contributed by atoms with Crippen LogP contribution in [0.1, 0.15) is 16.0 Å². The van der Waals surface area contributed by atoms with Crippen LogP contribution in [0.5, 0.6) is 11.5 Å². The number of imide groups is 1. The second-order valence-electron chi connectivity index (χ2n) is 7.43. The Hall–Kier alpha value is -3.58. The number of benzene rings is 2. The van der Waals surface area contributed by atoms with E-state index in [9.17, 15) is 9.59 Å². The Kier molecular flexibility index (Phi) is 4.95. The number of hydrogen-bond acceptors (Lipinski definition) is 6. The van der Waals surface area contributed by atoms with E-state index < -0.39 is 0 Å². The molecule has 2 aliphatic heterocycles. The van der Waals surface area contributed by atoms with Crippen molar-refractivity contribution in [2.75, 3.05) is 13.8 Å². The summed E-state index contributed by atoms with van der Waals surface area (Å²) in [7, 11) is 1.85. The Labute approximate surface area is 183 Å². The number of nitrogens with zero attached hydrogens (tertiary/aromatic N) is 2. The molecule has 5 rings (SSSR count). The van der Waals surface area contributed by atoms with E-state index in [1.54, 1.807) is 6.07 Å². The van der Waals surface area contributed by atoms with Crippen LogP contribution in [0.3, 0.4) is 0 Å². The summed E-state index contributed by atoms with van der Waals surface area (Å²) in [5.74, 6) is 0.734. The monoisotopic (exact) mass is 432 g/mol. The average molecular weight is 433 g/mol. The van der Waals surface area contributed by atoms with Gasteiger partial charge >= 0.3 is 0 Å². The van der Waals surface area contributed by atoms with Crippen LogP contribution in [0.2, 0.25) is 0 Å². The van der Waals surface area contributed by atoms with Crippen molar-refractivity contribution in [3.8, 4) is 11.5 Å². The standard InChI is InChI=1S/C24H20N2O4S/c1-25(13-16-6-3-2-4-7-16)22-21(20-8-5-11-31-20)23(27)26(24(22)28)14-17-9-10-18-19(12-17)30-15-29-18/h2-12H,13-15H2,1H3. The van der Waals surface area contributed by atoms with Gasteiger partial charge in [0.25, 0.3) is 11.8 Å². The highest BCUT2D eigenvalue weighted by molar-refractivity contribution is 7.11. The summed E-state index contributed by atoms with van der Waals surface area (Å²) in [6.45, 7) is 0.882. The summed E-state index contributed by atoms with van der Waals surface area (Å²) in [6.07, 6.45) is 0. The molecule has 3 aromatic rings. The zero-order valence-corrected chi connectivity index (χ0v) is 17.7. The Morgan fingerprint density at radius 1 is 0.935 bits per heavy atom. The molecule has 2 amide bonds. The topological polar surface area (TPSA) is 59.1 Å². The lowest BCUT2D eigenvalue weighted by Gasteiger charge is -2.21. The van der Waals surface area contributed by atoms with Crippen LogP contribution in [0, 0.1) is 0 Å². The van der Waals surface area contributed by atoms with Gasteiger partial charge < -0.3 is 14.4 Å².